The molecule has 5 heterocycles. The molecule has 7 heteroatoms. The van der Waals surface area contributed by atoms with E-state index in [1.54, 1.807) is 0 Å². The number of thiophene rings is 1. The van der Waals surface area contributed by atoms with Gasteiger partial charge < -0.3 is 13.9 Å². The van der Waals surface area contributed by atoms with E-state index in [1.807, 2.05) is 53.8 Å². The van der Waals surface area contributed by atoms with Crippen LogP contribution in [0.1, 0.15) is 17.9 Å². The van der Waals surface area contributed by atoms with Crippen molar-refractivity contribution in [3.63, 3.8) is 0 Å². The Balaban J connectivity index is 0.872. The summed E-state index contributed by atoms with van der Waals surface area (Å²) in [6.45, 7) is 0. The summed E-state index contributed by atoms with van der Waals surface area (Å²) in [6, 6.07) is 71.3. The Labute approximate surface area is 406 Å². The molecule has 9 aromatic carbocycles. The monoisotopic (exact) mass is 913 g/mol. The number of anilines is 2. The Hall–Kier alpha value is -8.91. The van der Waals surface area contributed by atoms with E-state index in [9.17, 15) is 0 Å². The predicted octanol–water partition coefficient (Wildman–Crippen LogP) is 17.0. The van der Waals surface area contributed by atoms with Gasteiger partial charge in [0.05, 0.1) is 21.4 Å². The Morgan fingerprint density at radius 3 is 1.94 bits per heavy atom. The number of benzene rings is 9. The maximum absolute atomic E-state index is 6.52. The van der Waals surface area contributed by atoms with Crippen LogP contribution in [0.25, 0.3) is 115 Å². The molecule has 1 aliphatic heterocycles. The molecule has 15 rings (SSSR count). The first-order valence-electron chi connectivity index (χ1n) is 23.8. The lowest BCUT2D eigenvalue weighted by molar-refractivity contribution is 0.670. The van der Waals surface area contributed by atoms with Crippen molar-refractivity contribution in [1.82, 2.24) is 19.5 Å². The number of para-hydroxylation sites is 3. The molecule has 0 N–H and O–H groups in total. The highest BCUT2D eigenvalue weighted by atomic mass is 32.1. The molecule has 1 aliphatic carbocycles. The van der Waals surface area contributed by atoms with Gasteiger partial charge in [-0.3, -0.25) is 0 Å². The summed E-state index contributed by atoms with van der Waals surface area (Å²) >= 11 is 1.81. The molecule has 70 heavy (non-hydrogen) atoms. The van der Waals surface area contributed by atoms with Crippen molar-refractivity contribution >= 4 is 86.6 Å². The zero-order valence-electron chi connectivity index (χ0n) is 37.6. The molecule has 0 bridgehead atoms. The Bertz CT molecular complexity index is 4290. The van der Waals surface area contributed by atoms with Gasteiger partial charge in [-0.25, -0.2) is 15.0 Å². The normalized spacial score (nSPS) is 14.4. The smallest absolute Gasteiger partial charge is 0.165 e. The summed E-state index contributed by atoms with van der Waals surface area (Å²) < 4.78 is 11.3. The maximum Gasteiger partial charge on any atom is 0.165 e. The number of hydrogen-bond donors (Lipinski definition) is 0. The SMILES string of the molecule is C1=CCC2C(=C1)N(c1ccc3c(c1)c1ccccc1n3-c1cccc3c1sc1c(-c4nc(-c5ccccc5)nc(-c5ccccc5)n4)cccc13)c1ccc(-c3cccc4c3oc3ccccc34)cc12. The Morgan fingerprint density at radius 1 is 0.471 bits per heavy atom. The van der Waals surface area contributed by atoms with Gasteiger partial charge >= 0.3 is 0 Å². The van der Waals surface area contributed by atoms with Crippen molar-refractivity contribution < 1.29 is 4.42 Å². The van der Waals surface area contributed by atoms with Gasteiger partial charge in [-0.15, -0.1) is 11.3 Å². The second-order valence-corrected chi connectivity index (χ2v) is 19.2. The average Bonchev–Trinajstić information content (AvgIpc) is 4.19. The number of allylic oxidation sites excluding steroid dienone is 4. The molecule has 328 valence electrons. The first kappa shape index (κ1) is 39.1. The van der Waals surface area contributed by atoms with Gasteiger partial charge in [-0.2, -0.15) is 0 Å². The van der Waals surface area contributed by atoms with Gasteiger partial charge in [0, 0.05) is 82.3 Å². The summed E-state index contributed by atoms with van der Waals surface area (Å²) in [5.74, 6) is 2.21. The van der Waals surface area contributed by atoms with E-state index in [-0.39, 0.29) is 5.92 Å². The van der Waals surface area contributed by atoms with Crippen molar-refractivity contribution in [2.75, 3.05) is 4.90 Å². The fourth-order valence-electron chi connectivity index (χ4n) is 11.2. The average molecular weight is 914 g/mol. The molecule has 0 saturated heterocycles. The van der Waals surface area contributed by atoms with Crippen LogP contribution in [0.2, 0.25) is 0 Å². The van der Waals surface area contributed by atoms with Crippen LogP contribution in [-0.2, 0) is 0 Å². The molecule has 0 fully saturated rings. The third kappa shape index (κ3) is 5.88. The second-order valence-electron chi connectivity index (χ2n) is 18.2. The van der Waals surface area contributed by atoms with Gasteiger partial charge in [-0.1, -0.05) is 158 Å². The number of hydrogen-bond acceptors (Lipinski definition) is 6. The molecule has 0 saturated carbocycles. The summed E-state index contributed by atoms with van der Waals surface area (Å²) in [4.78, 5) is 17.8. The molecule has 0 spiro atoms. The van der Waals surface area contributed by atoms with Crippen LogP contribution in [0.15, 0.2) is 229 Å². The van der Waals surface area contributed by atoms with Crippen molar-refractivity contribution in [3.8, 4) is 51.0 Å². The largest absolute Gasteiger partial charge is 0.455 e. The second kappa shape index (κ2) is 15.3. The van der Waals surface area contributed by atoms with Crippen LogP contribution in [0.5, 0.6) is 0 Å². The highest BCUT2D eigenvalue weighted by Crippen LogP contribution is 2.53. The predicted molar refractivity (Wildman–Crippen MR) is 289 cm³/mol. The molecular formula is C63H39N5OS. The molecular weight excluding hydrogens is 875 g/mol. The molecule has 6 nitrogen and oxygen atoms in total. The molecule has 0 radical (unpaired) electrons. The van der Waals surface area contributed by atoms with Crippen molar-refractivity contribution in [2.24, 2.45) is 0 Å². The highest BCUT2D eigenvalue weighted by molar-refractivity contribution is 7.26. The fourth-order valence-corrected chi connectivity index (χ4v) is 12.5. The number of fused-ring (bicyclic) bond motifs is 12. The lowest BCUT2D eigenvalue weighted by Crippen LogP contribution is -2.14. The van der Waals surface area contributed by atoms with Gasteiger partial charge in [0.1, 0.15) is 11.2 Å². The molecule has 1 atom stereocenters. The minimum absolute atomic E-state index is 0.245. The first-order chi connectivity index (χ1) is 34.7. The van der Waals surface area contributed by atoms with E-state index in [0.29, 0.717) is 17.5 Å². The van der Waals surface area contributed by atoms with E-state index in [2.05, 4.69) is 185 Å². The topological polar surface area (TPSA) is 60.0 Å². The van der Waals surface area contributed by atoms with Crippen LogP contribution in [0, 0.1) is 0 Å². The standard InChI is InChI=1S/C63H39N5OS/c1-3-16-38(17-4-1)61-64-62(39-18-5-2-6-19-39)66-63(65-61)49-27-14-25-47-48-26-15-30-56(60(48)70-59(47)49)68-53-29-11-8-21-44(53)51-37-41(33-35-55(51)68)67-52-28-10-7-20-43(52)50-36-40(32-34-54(50)67)42-23-13-24-46-45-22-9-12-31-57(45)69-58(42)46/h1-19,21-37,43H,20H2. The minimum Gasteiger partial charge on any atom is -0.455 e. The van der Waals surface area contributed by atoms with Gasteiger partial charge in [0.15, 0.2) is 17.5 Å². The maximum atomic E-state index is 6.52. The zero-order valence-corrected chi connectivity index (χ0v) is 38.4. The third-order valence-electron chi connectivity index (χ3n) is 14.3. The van der Waals surface area contributed by atoms with Crippen LogP contribution in [0.4, 0.5) is 11.4 Å². The lowest BCUT2D eigenvalue weighted by atomic mass is 9.90. The Morgan fingerprint density at radius 2 is 1.13 bits per heavy atom. The van der Waals surface area contributed by atoms with Crippen LogP contribution in [0.3, 0.4) is 0 Å². The van der Waals surface area contributed by atoms with Crippen molar-refractivity contribution in [1.29, 1.82) is 0 Å². The molecule has 2 aliphatic rings. The molecule has 13 aromatic rings. The summed E-state index contributed by atoms with van der Waals surface area (Å²) in [6.07, 6.45) is 7.77. The van der Waals surface area contributed by atoms with E-state index in [4.69, 9.17) is 19.4 Å². The van der Waals surface area contributed by atoms with E-state index >= 15 is 0 Å². The van der Waals surface area contributed by atoms with Gasteiger partial charge in [-0.05, 0) is 78.2 Å². The van der Waals surface area contributed by atoms with Crippen LogP contribution in [-0.4, -0.2) is 19.5 Å². The van der Waals surface area contributed by atoms with E-state index in [1.165, 1.54) is 54.3 Å². The molecule has 1 unspecified atom stereocenters. The van der Waals surface area contributed by atoms with Gasteiger partial charge in [0.25, 0.3) is 0 Å². The zero-order chi connectivity index (χ0) is 45.9. The van der Waals surface area contributed by atoms with Crippen LogP contribution < -0.4 is 4.90 Å². The number of furan rings is 1. The van der Waals surface area contributed by atoms with E-state index < -0.39 is 0 Å². The summed E-state index contributed by atoms with van der Waals surface area (Å²) in [7, 11) is 0. The molecule has 0 amide bonds. The van der Waals surface area contributed by atoms with Crippen molar-refractivity contribution in [2.45, 2.75) is 12.3 Å². The fraction of sp³-hybridized carbons (Fsp3) is 0.0317. The van der Waals surface area contributed by atoms with Crippen molar-refractivity contribution in [3.05, 3.63) is 230 Å². The third-order valence-corrected chi connectivity index (χ3v) is 15.6. The summed E-state index contributed by atoms with van der Waals surface area (Å²) in [5, 5.41) is 7.10. The van der Waals surface area contributed by atoms with Crippen LogP contribution >= 0.6 is 11.3 Å². The summed E-state index contributed by atoms with van der Waals surface area (Å²) in [5.41, 5.74) is 15.5. The number of nitrogens with zero attached hydrogens (tertiary/aromatic N) is 5. The Kier molecular flexibility index (Phi) is 8.55. The number of aromatic nitrogens is 4. The highest BCUT2D eigenvalue weighted by Gasteiger charge is 2.36. The first-order valence-corrected chi connectivity index (χ1v) is 24.6. The lowest BCUT2D eigenvalue weighted by Gasteiger charge is -2.24. The molecule has 4 aromatic heterocycles. The quantitative estimate of drug-likeness (QED) is 0.166. The number of rotatable bonds is 6. The minimum atomic E-state index is 0.245. The van der Waals surface area contributed by atoms with E-state index in [0.717, 1.165) is 72.2 Å². The van der Waals surface area contributed by atoms with Gasteiger partial charge in [0.2, 0.25) is 0 Å².